The standard InChI is InChI=1S/C11H15FN2O/c1-8-4-3-5-9(12)11(8)14-7-6-10(15)13-2/h3-5,14H,6-7H2,1-2H3,(H,13,15). The predicted octanol–water partition coefficient (Wildman–Crippen LogP) is 1.68. The molecule has 0 aliphatic rings. The highest BCUT2D eigenvalue weighted by molar-refractivity contribution is 5.76. The molecule has 3 nitrogen and oxygen atoms in total. The number of carbonyl (C=O) groups is 1. The van der Waals surface area contributed by atoms with Gasteiger partial charge in [0.15, 0.2) is 0 Å². The molecular formula is C11H15FN2O. The minimum absolute atomic E-state index is 0.0588. The number of para-hydroxylation sites is 1. The lowest BCUT2D eigenvalue weighted by Crippen LogP contribution is -2.21. The smallest absolute Gasteiger partial charge is 0.221 e. The highest BCUT2D eigenvalue weighted by Crippen LogP contribution is 2.18. The van der Waals surface area contributed by atoms with Crippen molar-refractivity contribution in [3.05, 3.63) is 29.6 Å². The van der Waals surface area contributed by atoms with Crippen LogP contribution >= 0.6 is 0 Å². The number of carbonyl (C=O) groups excluding carboxylic acids is 1. The van der Waals surface area contributed by atoms with Gasteiger partial charge in [0.25, 0.3) is 0 Å². The van der Waals surface area contributed by atoms with Crippen molar-refractivity contribution < 1.29 is 9.18 Å². The summed E-state index contributed by atoms with van der Waals surface area (Å²) in [7, 11) is 1.58. The third-order valence-electron chi connectivity index (χ3n) is 2.15. The van der Waals surface area contributed by atoms with Crippen molar-refractivity contribution in [2.24, 2.45) is 0 Å². The second kappa shape index (κ2) is 5.34. The summed E-state index contributed by atoms with van der Waals surface area (Å²) < 4.78 is 13.3. The number of anilines is 1. The van der Waals surface area contributed by atoms with Crippen molar-refractivity contribution in [1.29, 1.82) is 0 Å². The zero-order valence-corrected chi connectivity index (χ0v) is 8.93. The minimum atomic E-state index is -0.285. The van der Waals surface area contributed by atoms with Gasteiger partial charge in [-0.05, 0) is 18.6 Å². The molecule has 15 heavy (non-hydrogen) atoms. The summed E-state index contributed by atoms with van der Waals surface area (Å²) in [5, 5.41) is 5.42. The van der Waals surface area contributed by atoms with Crippen molar-refractivity contribution in [1.82, 2.24) is 5.32 Å². The van der Waals surface area contributed by atoms with E-state index in [1.807, 2.05) is 13.0 Å². The molecule has 0 aliphatic heterocycles. The minimum Gasteiger partial charge on any atom is -0.382 e. The lowest BCUT2D eigenvalue weighted by molar-refractivity contribution is -0.120. The summed E-state index contributed by atoms with van der Waals surface area (Å²) >= 11 is 0. The Kier molecular flexibility index (Phi) is 4.09. The number of halogens is 1. The first kappa shape index (κ1) is 11.5. The average molecular weight is 210 g/mol. The fourth-order valence-corrected chi connectivity index (χ4v) is 1.28. The molecule has 0 fully saturated rings. The first-order chi connectivity index (χ1) is 7.15. The summed E-state index contributed by atoms with van der Waals surface area (Å²) in [5.74, 6) is -0.344. The lowest BCUT2D eigenvalue weighted by Gasteiger charge is -2.09. The first-order valence-corrected chi connectivity index (χ1v) is 4.84. The normalized spacial score (nSPS) is 9.80. The molecule has 0 saturated carbocycles. The fraction of sp³-hybridized carbons (Fsp3) is 0.364. The van der Waals surface area contributed by atoms with Gasteiger partial charge in [-0.1, -0.05) is 12.1 Å². The van der Waals surface area contributed by atoms with Crippen LogP contribution in [0.2, 0.25) is 0 Å². The third-order valence-corrected chi connectivity index (χ3v) is 2.15. The largest absolute Gasteiger partial charge is 0.382 e. The van der Waals surface area contributed by atoms with E-state index in [-0.39, 0.29) is 11.7 Å². The summed E-state index contributed by atoms with van der Waals surface area (Å²) in [6, 6.07) is 4.88. The van der Waals surface area contributed by atoms with Crippen molar-refractivity contribution in [2.75, 3.05) is 18.9 Å². The van der Waals surface area contributed by atoms with Gasteiger partial charge in [0, 0.05) is 20.0 Å². The molecule has 0 aliphatic carbocycles. The Bertz CT molecular complexity index is 332. The Morgan fingerprint density at radius 1 is 1.47 bits per heavy atom. The van der Waals surface area contributed by atoms with Crippen molar-refractivity contribution in [3.8, 4) is 0 Å². The number of hydrogen-bond donors (Lipinski definition) is 2. The molecule has 1 rings (SSSR count). The van der Waals surface area contributed by atoms with E-state index in [2.05, 4.69) is 10.6 Å². The van der Waals surface area contributed by atoms with E-state index in [1.165, 1.54) is 6.07 Å². The van der Waals surface area contributed by atoms with Gasteiger partial charge in [0.05, 0.1) is 5.69 Å². The Labute approximate surface area is 88.7 Å². The maximum atomic E-state index is 13.3. The molecule has 0 radical (unpaired) electrons. The summed E-state index contributed by atoms with van der Waals surface area (Å²) in [6.45, 7) is 2.26. The Hall–Kier alpha value is -1.58. The van der Waals surface area contributed by atoms with Crippen LogP contribution in [0, 0.1) is 12.7 Å². The fourth-order valence-electron chi connectivity index (χ4n) is 1.28. The summed E-state index contributed by atoms with van der Waals surface area (Å²) in [6.07, 6.45) is 0.338. The molecule has 1 amide bonds. The topological polar surface area (TPSA) is 41.1 Å². The zero-order valence-electron chi connectivity index (χ0n) is 8.93. The van der Waals surface area contributed by atoms with Gasteiger partial charge < -0.3 is 10.6 Å². The molecule has 0 heterocycles. The first-order valence-electron chi connectivity index (χ1n) is 4.84. The SMILES string of the molecule is CNC(=O)CCNc1c(C)cccc1F. The van der Waals surface area contributed by atoms with Crippen LogP contribution in [0.4, 0.5) is 10.1 Å². The van der Waals surface area contributed by atoms with Gasteiger partial charge in [-0.15, -0.1) is 0 Å². The molecule has 1 aromatic carbocycles. The molecular weight excluding hydrogens is 195 g/mol. The Morgan fingerprint density at radius 3 is 2.80 bits per heavy atom. The number of amides is 1. The number of benzene rings is 1. The van der Waals surface area contributed by atoms with Gasteiger partial charge >= 0.3 is 0 Å². The van der Waals surface area contributed by atoms with E-state index < -0.39 is 0 Å². The van der Waals surface area contributed by atoms with E-state index >= 15 is 0 Å². The highest BCUT2D eigenvalue weighted by Gasteiger charge is 2.04. The molecule has 0 bridgehead atoms. The molecule has 0 unspecified atom stereocenters. The summed E-state index contributed by atoms with van der Waals surface area (Å²) in [5.41, 5.74) is 1.31. The van der Waals surface area contributed by atoms with Crippen molar-refractivity contribution in [2.45, 2.75) is 13.3 Å². The Balaban J connectivity index is 2.54. The summed E-state index contributed by atoms with van der Waals surface area (Å²) in [4.78, 5) is 10.9. The molecule has 0 saturated heterocycles. The number of hydrogen-bond acceptors (Lipinski definition) is 2. The molecule has 4 heteroatoms. The Morgan fingerprint density at radius 2 is 2.20 bits per heavy atom. The van der Waals surface area contributed by atoms with Crippen LogP contribution in [-0.2, 0) is 4.79 Å². The molecule has 2 N–H and O–H groups in total. The lowest BCUT2D eigenvalue weighted by atomic mass is 10.2. The number of aryl methyl sites for hydroxylation is 1. The molecule has 0 atom stereocenters. The van der Waals surface area contributed by atoms with E-state index in [4.69, 9.17) is 0 Å². The monoisotopic (exact) mass is 210 g/mol. The van der Waals surface area contributed by atoms with Crippen molar-refractivity contribution >= 4 is 11.6 Å². The van der Waals surface area contributed by atoms with Crippen LogP contribution in [0.3, 0.4) is 0 Å². The predicted molar refractivity (Wildman–Crippen MR) is 58.3 cm³/mol. The van der Waals surface area contributed by atoms with Crippen LogP contribution < -0.4 is 10.6 Å². The van der Waals surface area contributed by atoms with Crippen LogP contribution in [0.1, 0.15) is 12.0 Å². The number of nitrogens with one attached hydrogen (secondary N) is 2. The van der Waals surface area contributed by atoms with Crippen molar-refractivity contribution in [3.63, 3.8) is 0 Å². The van der Waals surface area contributed by atoms with E-state index in [0.717, 1.165) is 5.56 Å². The highest BCUT2D eigenvalue weighted by atomic mass is 19.1. The maximum Gasteiger partial charge on any atom is 0.221 e. The van der Waals surface area contributed by atoms with E-state index in [0.29, 0.717) is 18.7 Å². The number of rotatable bonds is 4. The zero-order chi connectivity index (χ0) is 11.3. The van der Waals surface area contributed by atoms with E-state index in [1.54, 1.807) is 13.1 Å². The van der Waals surface area contributed by atoms with Crippen LogP contribution in [0.25, 0.3) is 0 Å². The van der Waals surface area contributed by atoms with Crippen LogP contribution in [-0.4, -0.2) is 19.5 Å². The molecule has 1 aromatic rings. The second-order valence-corrected chi connectivity index (χ2v) is 3.28. The molecule has 0 spiro atoms. The van der Waals surface area contributed by atoms with E-state index in [9.17, 15) is 9.18 Å². The third kappa shape index (κ3) is 3.23. The van der Waals surface area contributed by atoms with Gasteiger partial charge in [0.2, 0.25) is 5.91 Å². The van der Waals surface area contributed by atoms with Crippen LogP contribution in [0.15, 0.2) is 18.2 Å². The molecule has 82 valence electrons. The molecule has 0 aromatic heterocycles. The van der Waals surface area contributed by atoms with Gasteiger partial charge in [0.1, 0.15) is 5.82 Å². The van der Waals surface area contributed by atoms with Crippen LogP contribution in [0.5, 0.6) is 0 Å². The average Bonchev–Trinajstić information content (AvgIpc) is 2.22. The quantitative estimate of drug-likeness (QED) is 0.794. The second-order valence-electron chi connectivity index (χ2n) is 3.28. The maximum absolute atomic E-state index is 13.3. The van der Waals surface area contributed by atoms with Gasteiger partial charge in [-0.2, -0.15) is 0 Å². The van der Waals surface area contributed by atoms with Gasteiger partial charge in [-0.3, -0.25) is 4.79 Å². The van der Waals surface area contributed by atoms with Gasteiger partial charge in [-0.25, -0.2) is 4.39 Å².